The molecule has 1 aliphatic heterocycles. The lowest BCUT2D eigenvalue weighted by Gasteiger charge is -2.32. The van der Waals surface area contributed by atoms with Gasteiger partial charge >= 0.3 is 0 Å². The average Bonchev–Trinajstić information content (AvgIpc) is 2.78. The van der Waals surface area contributed by atoms with Crippen molar-refractivity contribution in [3.05, 3.63) is 106 Å². The number of Topliss-reactive ketones (excluding diaryl/α,β-unsaturated/α-hetero) is 1. The number of para-hydroxylation sites is 1. The lowest BCUT2D eigenvalue weighted by atomic mass is 9.90. The van der Waals surface area contributed by atoms with E-state index in [1.165, 1.54) is 0 Å². The van der Waals surface area contributed by atoms with Crippen molar-refractivity contribution >= 4 is 40.4 Å². The number of hydrogen-bond acceptors (Lipinski definition) is 3. The SMILES string of the molecule is CC(=O)C1=C(c2ccccc2)NC(=S)N[C@H]1c1ccccc1OCc1ccccc1Cl. The van der Waals surface area contributed by atoms with E-state index in [1.807, 2.05) is 78.9 Å². The minimum atomic E-state index is -0.441. The molecule has 2 N–H and O–H groups in total. The number of carbonyl (C=O) groups is 1. The Labute approximate surface area is 191 Å². The van der Waals surface area contributed by atoms with E-state index in [4.69, 9.17) is 28.6 Å². The van der Waals surface area contributed by atoms with Gasteiger partial charge in [-0.15, -0.1) is 0 Å². The standard InChI is InChI=1S/C25H21ClN2O2S/c1-16(29)22-23(17-9-3-2-4-10-17)27-25(31)28-24(22)19-12-6-8-14-21(19)30-15-18-11-5-7-13-20(18)26/h2-14,24H,15H2,1H3,(H2,27,28,31)/t24-/m0/s1. The van der Waals surface area contributed by atoms with Crippen molar-refractivity contribution in [3.8, 4) is 5.75 Å². The highest BCUT2D eigenvalue weighted by Gasteiger charge is 2.31. The first kappa shape index (κ1) is 21.1. The van der Waals surface area contributed by atoms with E-state index >= 15 is 0 Å². The molecule has 3 aromatic carbocycles. The van der Waals surface area contributed by atoms with E-state index in [0.29, 0.717) is 33.8 Å². The zero-order chi connectivity index (χ0) is 21.8. The maximum Gasteiger partial charge on any atom is 0.171 e. The second kappa shape index (κ2) is 9.33. The Morgan fingerprint density at radius 2 is 1.68 bits per heavy atom. The van der Waals surface area contributed by atoms with Gasteiger partial charge in [0.05, 0.1) is 11.7 Å². The molecule has 0 aromatic heterocycles. The van der Waals surface area contributed by atoms with Crippen LogP contribution in [0.1, 0.15) is 29.7 Å². The van der Waals surface area contributed by atoms with Gasteiger partial charge in [-0.3, -0.25) is 4.79 Å². The topological polar surface area (TPSA) is 50.4 Å². The fourth-order valence-corrected chi connectivity index (χ4v) is 4.04. The minimum Gasteiger partial charge on any atom is -0.488 e. The zero-order valence-electron chi connectivity index (χ0n) is 16.9. The summed E-state index contributed by atoms with van der Waals surface area (Å²) < 4.78 is 6.14. The third-order valence-corrected chi connectivity index (χ3v) is 5.67. The van der Waals surface area contributed by atoms with Crippen LogP contribution in [0.2, 0.25) is 5.02 Å². The van der Waals surface area contributed by atoms with Gasteiger partial charge in [-0.05, 0) is 36.8 Å². The molecule has 0 fully saturated rings. The maximum atomic E-state index is 12.8. The Morgan fingerprint density at radius 1 is 1.00 bits per heavy atom. The molecule has 4 rings (SSSR count). The van der Waals surface area contributed by atoms with Crippen LogP contribution in [0.15, 0.2) is 84.4 Å². The van der Waals surface area contributed by atoms with Gasteiger partial charge in [0.2, 0.25) is 0 Å². The fourth-order valence-electron chi connectivity index (χ4n) is 3.63. The van der Waals surface area contributed by atoms with Gasteiger partial charge in [0.1, 0.15) is 12.4 Å². The summed E-state index contributed by atoms with van der Waals surface area (Å²) in [6.45, 7) is 1.88. The van der Waals surface area contributed by atoms with Gasteiger partial charge < -0.3 is 15.4 Å². The monoisotopic (exact) mass is 448 g/mol. The van der Waals surface area contributed by atoms with Gasteiger partial charge in [-0.2, -0.15) is 0 Å². The second-order valence-corrected chi connectivity index (χ2v) is 7.98. The number of ether oxygens (including phenoxy) is 1. The molecule has 0 bridgehead atoms. The van der Waals surface area contributed by atoms with Crippen molar-refractivity contribution in [1.82, 2.24) is 10.6 Å². The summed E-state index contributed by atoms with van der Waals surface area (Å²) >= 11 is 11.8. The van der Waals surface area contributed by atoms with E-state index in [2.05, 4.69) is 10.6 Å². The molecule has 1 atom stereocenters. The number of carbonyl (C=O) groups excluding carboxylic acids is 1. The molecule has 0 aliphatic carbocycles. The molecule has 0 spiro atoms. The molecule has 1 aliphatic rings. The first-order valence-electron chi connectivity index (χ1n) is 9.87. The fraction of sp³-hybridized carbons (Fsp3) is 0.120. The number of hydrogen-bond donors (Lipinski definition) is 2. The van der Waals surface area contributed by atoms with Crippen LogP contribution in [0.4, 0.5) is 0 Å². The van der Waals surface area contributed by atoms with E-state index in [0.717, 1.165) is 16.7 Å². The molecule has 156 valence electrons. The quantitative estimate of drug-likeness (QED) is 0.492. The molecule has 0 amide bonds. The van der Waals surface area contributed by atoms with Crippen molar-refractivity contribution < 1.29 is 9.53 Å². The number of benzene rings is 3. The molecule has 31 heavy (non-hydrogen) atoms. The molecule has 1 heterocycles. The van der Waals surface area contributed by atoms with Crippen LogP contribution < -0.4 is 15.4 Å². The number of rotatable bonds is 6. The Hall–Kier alpha value is -3.15. The largest absolute Gasteiger partial charge is 0.488 e. The average molecular weight is 449 g/mol. The first-order chi connectivity index (χ1) is 15.0. The molecule has 0 saturated carbocycles. The summed E-state index contributed by atoms with van der Waals surface area (Å²) in [4.78, 5) is 12.8. The highest BCUT2D eigenvalue weighted by molar-refractivity contribution is 7.80. The van der Waals surface area contributed by atoms with Crippen LogP contribution in [-0.4, -0.2) is 10.9 Å². The smallest absolute Gasteiger partial charge is 0.171 e. The Kier molecular flexibility index (Phi) is 6.35. The Bertz CT molecular complexity index is 1160. The Morgan fingerprint density at radius 3 is 2.42 bits per heavy atom. The minimum absolute atomic E-state index is 0.0488. The van der Waals surface area contributed by atoms with Crippen LogP contribution in [-0.2, 0) is 11.4 Å². The van der Waals surface area contributed by atoms with Crippen LogP contribution in [0.3, 0.4) is 0 Å². The summed E-state index contributed by atoms with van der Waals surface area (Å²) in [5, 5.41) is 7.52. The van der Waals surface area contributed by atoms with Gasteiger partial charge in [0, 0.05) is 21.7 Å². The van der Waals surface area contributed by atoms with Crippen LogP contribution in [0, 0.1) is 0 Å². The van der Waals surface area contributed by atoms with Crippen LogP contribution >= 0.6 is 23.8 Å². The van der Waals surface area contributed by atoms with Crippen molar-refractivity contribution in [3.63, 3.8) is 0 Å². The third kappa shape index (κ3) is 4.63. The molecule has 3 aromatic rings. The number of halogens is 1. The molecular formula is C25H21ClN2O2S. The van der Waals surface area contributed by atoms with Gasteiger partial charge in [-0.25, -0.2) is 0 Å². The lowest BCUT2D eigenvalue weighted by Crippen LogP contribution is -2.44. The van der Waals surface area contributed by atoms with Crippen LogP contribution in [0.25, 0.3) is 5.70 Å². The number of nitrogens with one attached hydrogen (secondary N) is 2. The zero-order valence-corrected chi connectivity index (χ0v) is 18.5. The van der Waals surface area contributed by atoms with Crippen molar-refractivity contribution in [2.75, 3.05) is 0 Å². The number of thiocarbonyl (C=S) groups is 1. The summed E-state index contributed by atoms with van der Waals surface area (Å²) in [6.07, 6.45) is 0. The highest BCUT2D eigenvalue weighted by atomic mass is 35.5. The molecule has 6 heteroatoms. The van der Waals surface area contributed by atoms with E-state index in [-0.39, 0.29) is 5.78 Å². The van der Waals surface area contributed by atoms with Crippen molar-refractivity contribution in [1.29, 1.82) is 0 Å². The molecular weight excluding hydrogens is 428 g/mol. The van der Waals surface area contributed by atoms with Crippen molar-refractivity contribution in [2.45, 2.75) is 19.6 Å². The summed E-state index contributed by atoms with van der Waals surface area (Å²) in [7, 11) is 0. The normalized spacial score (nSPS) is 15.8. The molecule has 4 nitrogen and oxygen atoms in total. The summed E-state index contributed by atoms with van der Waals surface area (Å²) in [5.74, 6) is 0.614. The number of ketones is 1. The second-order valence-electron chi connectivity index (χ2n) is 7.16. The van der Waals surface area contributed by atoms with Crippen LogP contribution in [0.5, 0.6) is 5.75 Å². The first-order valence-corrected chi connectivity index (χ1v) is 10.7. The molecule has 0 radical (unpaired) electrons. The molecule has 0 saturated heterocycles. The Balaban J connectivity index is 1.75. The maximum absolute atomic E-state index is 12.8. The predicted molar refractivity (Wildman–Crippen MR) is 128 cm³/mol. The van der Waals surface area contributed by atoms with E-state index in [1.54, 1.807) is 6.92 Å². The summed E-state index contributed by atoms with van der Waals surface area (Å²) in [6, 6.07) is 24.5. The van der Waals surface area contributed by atoms with Crippen molar-refractivity contribution in [2.24, 2.45) is 0 Å². The van der Waals surface area contributed by atoms with Gasteiger partial charge in [0.15, 0.2) is 10.9 Å². The van der Waals surface area contributed by atoms with Gasteiger partial charge in [-0.1, -0.05) is 78.3 Å². The van der Waals surface area contributed by atoms with Gasteiger partial charge in [0.25, 0.3) is 0 Å². The van der Waals surface area contributed by atoms with E-state index < -0.39 is 6.04 Å². The highest BCUT2D eigenvalue weighted by Crippen LogP contribution is 2.36. The predicted octanol–water partition coefficient (Wildman–Crippen LogP) is 5.44. The lowest BCUT2D eigenvalue weighted by molar-refractivity contribution is -0.113. The molecule has 0 unspecified atom stereocenters. The van der Waals surface area contributed by atoms with E-state index in [9.17, 15) is 4.79 Å². The third-order valence-electron chi connectivity index (χ3n) is 5.08. The summed E-state index contributed by atoms with van der Waals surface area (Å²) in [5.41, 5.74) is 3.93.